The maximum atomic E-state index is 9.23. The summed E-state index contributed by atoms with van der Waals surface area (Å²) in [6, 6.07) is 12.7. The third-order valence-corrected chi connectivity index (χ3v) is 3.57. The molecule has 3 heteroatoms. The van der Waals surface area contributed by atoms with Crippen LogP contribution in [0.4, 0.5) is 0 Å². The van der Waals surface area contributed by atoms with E-state index in [0.29, 0.717) is 6.04 Å². The van der Waals surface area contributed by atoms with E-state index in [4.69, 9.17) is 0 Å². The third kappa shape index (κ3) is 2.21. The van der Waals surface area contributed by atoms with E-state index < -0.39 is 0 Å². The van der Waals surface area contributed by atoms with Crippen LogP contribution in [0.2, 0.25) is 0 Å². The summed E-state index contributed by atoms with van der Waals surface area (Å²) in [6.45, 7) is 4.31. The molecule has 0 atom stereocenters. The fraction of sp³-hybridized carbons (Fsp3) is 0.235. The highest BCUT2D eigenvalue weighted by molar-refractivity contribution is 5.96. The minimum Gasteiger partial charge on any atom is -0.392 e. The third-order valence-electron chi connectivity index (χ3n) is 3.57. The number of fused-ring (bicyclic) bond motifs is 1. The molecule has 1 aromatic heterocycles. The second-order valence-electron chi connectivity index (χ2n) is 5.32. The molecule has 1 heterocycles. The van der Waals surface area contributed by atoms with Crippen LogP contribution in [0, 0.1) is 0 Å². The van der Waals surface area contributed by atoms with Crippen molar-refractivity contribution in [1.29, 1.82) is 0 Å². The smallest absolute Gasteiger partial charge is 0.0682 e. The van der Waals surface area contributed by atoms with Crippen LogP contribution in [0.1, 0.15) is 25.5 Å². The van der Waals surface area contributed by atoms with Gasteiger partial charge >= 0.3 is 0 Å². The van der Waals surface area contributed by atoms with Crippen LogP contribution in [-0.4, -0.2) is 14.9 Å². The van der Waals surface area contributed by atoms with Crippen molar-refractivity contribution in [3.05, 3.63) is 54.4 Å². The number of aromatic nitrogens is 2. The summed E-state index contributed by atoms with van der Waals surface area (Å²) in [5, 5.41) is 16.0. The van der Waals surface area contributed by atoms with Gasteiger partial charge in [0.15, 0.2) is 0 Å². The number of rotatable bonds is 3. The van der Waals surface area contributed by atoms with Crippen LogP contribution < -0.4 is 0 Å². The molecule has 0 spiro atoms. The molecule has 0 bridgehead atoms. The predicted octanol–water partition coefficient (Wildman–Crippen LogP) is 3.78. The Balaban J connectivity index is 2.15. The van der Waals surface area contributed by atoms with Crippen LogP contribution in [-0.2, 0) is 6.61 Å². The lowest BCUT2D eigenvalue weighted by molar-refractivity contribution is 0.282. The normalized spacial score (nSPS) is 11.4. The van der Waals surface area contributed by atoms with Crippen LogP contribution in [0.25, 0.3) is 21.9 Å². The molecule has 0 unspecified atom stereocenters. The Bertz CT molecular complexity index is 744. The summed E-state index contributed by atoms with van der Waals surface area (Å²) in [5.74, 6) is 0. The molecular weight excluding hydrogens is 248 g/mol. The quantitative estimate of drug-likeness (QED) is 0.783. The van der Waals surface area contributed by atoms with Crippen molar-refractivity contribution in [2.24, 2.45) is 0 Å². The predicted molar refractivity (Wildman–Crippen MR) is 81.5 cm³/mol. The van der Waals surface area contributed by atoms with E-state index in [1.54, 1.807) is 0 Å². The number of hydrogen-bond acceptors (Lipinski definition) is 2. The average molecular weight is 266 g/mol. The molecule has 0 amide bonds. The van der Waals surface area contributed by atoms with Gasteiger partial charge in [-0.05, 0) is 41.8 Å². The zero-order chi connectivity index (χ0) is 14.1. The molecule has 3 aromatic rings. The SMILES string of the molecule is CC(C)n1cc(-c2cccc3cc(CO)ccc23)cn1. The average Bonchev–Trinajstić information content (AvgIpc) is 2.96. The van der Waals surface area contributed by atoms with E-state index in [2.05, 4.69) is 43.3 Å². The molecule has 0 saturated carbocycles. The first-order valence-corrected chi connectivity index (χ1v) is 6.86. The molecule has 2 aromatic carbocycles. The van der Waals surface area contributed by atoms with Gasteiger partial charge in [0.05, 0.1) is 12.8 Å². The van der Waals surface area contributed by atoms with Crippen LogP contribution >= 0.6 is 0 Å². The number of aliphatic hydroxyl groups is 1. The minimum absolute atomic E-state index is 0.0749. The van der Waals surface area contributed by atoms with E-state index in [1.807, 2.05) is 29.1 Å². The molecule has 1 N–H and O–H groups in total. The lowest BCUT2D eigenvalue weighted by Gasteiger charge is -2.07. The van der Waals surface area contributed by atoms with Gasteiger partial charge in [0.1, 0.15) is 0 Å². The molecule has 0 aliphatic carbocycles. The molecule has 20 heavy (non-hydrogen) atoms. The van der Waals surface area contributed by atoms with E-state index >= 15 is 0 Å². The summed E-state index contributed by atoms with van der Waals surface area (Å²) >= 11 is 0. The molecular formula is C17H18N2O. The van der Waals surface area contributed by atoms with Crippen molar-refractivity contribution < 1.29 is 5.11 Å². The highest BCUT2D eigenvalue weighted by Crippen LogP contribution is 2.29. The molecule has 0 aliphatic heterocycles. The standard InChI is InChI=1S/C17H18N2O/c1-12(2)19-10-15(9-18-19)16-5-3-4-14-8-13(11-20)6-7-17(14)16/h3-10,12,20H,11H2,1-2H3. The maximum absolute atomic E-state index is 9.23. The Hall–Kier alpha value is -2.13. The Labute approximate surface area is 118 Å². The minimum atomic E-state index is 0.0749. The molecule has 102 valence electrons. The van der Waals surface area contributed by atoms with Gasteiger partial charge in [-0.15, -0.1) is 0 Å². The molecule has 0 radical (unpaired) electrons. The number of aliphatic hydroxyl groups excluding tert-OH is 1. The van der Waals surface area contributed by atoms with Gasteiger partial charge in [0.25, 0.3) is 0 Å². The van der Waals surface area contributed by atoms with Crippen molar-refractivity contribution >= 4 is 10.8 Å². The zero-order valence-electron chi connectivity index (χ0n) is 11.7. The van der Waals surface area contributed by atoms with Crippen molar-refractivity contribution in [1.82, 2.24) is 9.78 Å². The Kier molecular flexibility index (Phi) is 3.28. The summed E-state index contributed by atoms with van der Waals surface area (Å²) in [4.78, 5) is 0. The van der Waals surface area contributed by atoms with Gasteiger partial charge in [0.2, 0.25) is 0 Å². The lowest BCUT2D eigenvalue weighted by atomic mass is 9.99. The Morgan fingerprint density at radius 1 is 1.20 bits per heavy atom. The topological polar surface area (TPSA) is 38.0 Å². The van der Waals surface area contributed by atoms with Crippen LogP contribution in [0.5, 0.6) is 0 Å². The molecule has 3 rings (SSSR count). The summed E-state index contributed by atoms with van der Waals surface area (Å²) in [7, 11) is 0. The Morgan fingerprint density at radius 2 is 2.05 bits per heavy atom. The number of hydrogen-bond donors (Lipinski definition) is 1. The van der Waals surface area contributed by atoms with Gasteiger partial charge in [-0.1, -0.05) is 30.3 Å². The number of benzene rings is 2. The largest absolute Gasteiger partial charge is 0.392 e. The van der Waals surface area contributed by atoms with Gasteiger partial charge in [-0.25, -0.2) is 0 Å². The van der Waals surface area contributed by atoms with Crippen LogP contribution in [0.15, 0.2) is 48.8 Å². The molecule has 0 fully saturated rings. The molecule has 0 aliphatic rings. The summed E-state index contributed by atoms with van der Waals surface area (Å²) < 4.78 is 1.97. The fourth-order valence-electron chi connectivity index (χ4n) is 2.44. The first-order valence-electron chi connectivity index (χ1n) is 6.86. The van der Waals surface area contributed by atoms with E-state index in [1.165, 1.54) is 10.9 Å². The maximum Gasteiger partial charge on any atom is 0.0682 e. The summed E-state index contributed by atoms with van der Waals surface area (Å²) in [5.41, 5.74) is 3.24. The second-order valence-corrected chi connectivity index (χ2v) is 5.32. The first-order chi connectivity index (χ1) is 9.69. The van der Waals surface area contributed by atoms with Crippen molar-refractivity contribution in [2.45, 2.75) is 26.5 Å². The Morgan fingerprint density at radius 3 is 2.75 bits per heavy atom. The van der Waals surface area contributed by atoms with E-state index in [-0.39, 0.29) is 6.61 Å². The molecule has 3 nitrogen and oxygen atoms in total. The molecule has 0 saturated heterocycles. The van der Waals surface area contributed by atoms with Crippen molar-refractivity contribution in [2.75, 3.05) is 0 Å². The lowest BCUT2D eigenvalue weighted by Crippen LogP contribution is -1.99. The highest BCUT2D eigenvalue weighted by Gasteiger charge is 2.08. The second kappa shape index (κ2) is 5.10. The number of nitrogens with zero attached hydrogens (tertiary/aromatic N) is 2. The monoisotopic (exact) mass is 266 g/mol. The highest BCUT2D eigenvalue weighted by atomic mass is 16.3. The first kappa shape index (κ1) is 12.9. The van der Waals surface area contributed by atoms with Crippen LogP contribution in [0.3, 0.4) is 0 Å². The summed E-state index contributed by atoms with van der Waals surface area (Å²) in [6.07, 6.45) is 3.99. The van der Waals surface area contributed by atoms with E-state index in [9.17, 15) is 5.11 Å². The van der Waals surface area contributed by atoms with Crippen molar-refractivity contribution in [3.63, 3.8) is 0 Å². The van der Waals surface area contributed by atoms with Crippen molar-refractivity contribution in [3.8, 4) is 11.1 Å². The fourth-order valence-corrected chi connectivity index (χ4v) is 2.44. The zero-order valence-corrected chi connectivity index (χ0v) is 11.7. The van der Waals surface area contributed by atoms with E-state index in [0.717, 1.165) is 16.5 Å². The van der Waals surface area contributed by atoms with Gasteiger partial charge in [0, 0.05) is 17.8 Å². The van der Waals surface area contributed by atoms with Gasteiger partial charge in [-0.3, -0.25) is 4.68 Å². The van der Waals surface area contributed by atoms with Gasteiger partial charge in [-0.2, -0.15) is 5.10 Å². The van der Waals surface area contributed by atoms with Gasteiger partial charge < -0.3 is 5.11 Å².